The van der Waals surface area contributed by atoms with Crippen LogP contribution < -0.4 is 0 Å². The zero-order valence-electron chi connectivity index (χ0n) is 7.11. The average Bonchev–Trinajstić information content (AvgIpc) is 1.82. The number of halogens is 2. The van der Waals surface area contributed by atoms with E-state index in [1.807, 2.05) is 0 Å². The molecule has 5 nitrogen and oxygen atoms in total. The summed E-state index contributed by atoms with van der Waals surface area (Å²) in [4.78, 5) is 0. The average molecular weight is 271 g/mol. The van der Waals surface area contributed by atoms with E-state index >= 15 is 0 Å². The van der Waals surface area contributed by atoms with Crippen molar-refractivity contribution in [3.63, 3.8) is 0 Å². The number of ether oxygens (including phenoxy) is 2. The van der Waals surface area contributed by atoms with E-state index in [-0.39, 0.29) is 12.7 Å². The fraction of sp³-hybridized carbons (Fsp3) is 1.00. The summed E-state index contributed by atoms with van der Waals surface area (Å²) in [6, 6.07) is 0. The molecule has 80 valence electrons. The van der Waals surface area contributed by atoms with E-state index in [2.05, 4.69) is 13.8 Å². The number of hydrogen-bond acceptors (Lipinski definition) is 5. The third-order valence-electron chi connectivity index (χ3n) is 0.810. The maximum atomic E-state index is 11.2. The van der Waals surface area contributed by atoms with Gasteiger partial charge in [0.15, 0.2) is 0 Å². The van der Waals surface area contributed by atoms with Crippen molar-refractivity contribution in [2.24, 2.45) is 0 Å². The lowest BCUT2D eigenvalue weighted by atomic mass is 11.5. The van der Waals surface area contributed by atoms with Gasteiger partial charge < -0.3 is 9.47 Å². The monoisotopic (exact) mass is 270 g/mol. The molecule has 9 heteroatoms. The highest BCUT2D eigenvalue weighted by atomic mass is 35.7. The molecule has 0 aromatic rings. The van der Waals surface area contributed by atoms with Crippen molar-refractivity contribution >= 4 is 35.9 Å². The first-order valence-corrected chi connectivity index (χ1v) is 8.52. The van der Waals surface area contributed by atoms with Crippen LogP contribution in [0.1, 0.15) is 0 Å². The first-order valence-electron chi connectivity index (χ1n) is 3.09. The summed E-state index contributed by atoms with van der Waals surface area (Å²) in [6.07, 6.45) is -0.704. The molecule has 0 aromatic heterocycles. The Kier molecular flexibility index (Phi) is 6.12. The van der Waals surface area contributed by atoms with Crippen LogP contribution in [0.15, 0.2) is 0 Å². The van der Waals surface area contributed by atoms with Gasteiger partial charge in [0.25, 0.3) is 0 Å². The minimum absolute atomic E-state index is 0.352. The van der Waals surface area contributed by atoms with Gasteiger partial charge in [-0.3, -0.25) is 9.13 Å². The van der Waals surface area contributed by atoms with Gasteiger partial charge in [-0.05, 0) is 22.5 Å². The second-order valence-corrected chi connectivity index (χ2v) is 8.72. The van der Waals surface area contributed by atoms with Crippen molar-refractivity contribution < 1.29 is 22.9 Å². The van der Waals surface area contributed by atoms with Crippen LogP contribution >= 0.6 is 35.9 Å². The summed E-state index contributed by atoms with van der Waals surface area (Å²) in [5, 5.41) is 0. The Balaban J connectivity index is 4.25. The SMILES string of the molecule is COC[P@](=O)(Cl)O[P@](=O)(Cl)COC. The largest absolute Gasteiger partial charge is 0.373 e. The van der Waals surface area contributed by atoms with Crippen molar-refractivity contribution in [2.45, 2.75) is 0 Å². The van der Waals surface area contributed by atoms with Crippen LogP contribution in [0.2, 0.25) is 0 Å². The molecule has 0 heterocycles. The molecule has 0 bridgehead atoms. The summed E-state index contributed by atoms with van der Waals surface area (Å²) < 4.78 is 35.9. The van der Waals surface area contributed by atoms with Crippen molar-refractivity contribution in [3.05, 3.63) is 0 Å². The van der Waals surface area contributed by atoms with Crippen LogP contribution in [0, 0.1) is 0 Å². The first-order chi connectivity index (χ1) is 5.83. The van der Waals surface area contributed by atoms with Gasteiger partial charge in [-0.2, -0.15) is 0 Å². The fourth-order valence-corrected chi connectivity index (χ4v) is 5.65. The molecule has 13 heavy (non-hydrogen) atoms. The first kappa shape index (κ1) is 13.9. The molecule has 0 fully saturated rings. The maximum Gasteiger partial charge on any atom is 0.321 e. The molecule has 0 aliphatic heterocycles. The van der Waals surface area contributed by atoms with E-state index in [1.165, 1.54) is 14.2 Å². The second-order valence-electron chi connectivity index (χ2n) is 2.10. The summed E-state index contributed by atoms with van der Waals surface area (Å²) in [7, 11) is 2.57. The molecule has 0 aliphatic carbocycles. The van der Waals surface area contributed by atoms with Crippen LogP contribution in [0.5, 0.6) is 0 Å². The lowest BCUT2D eigenvalue weighted by Crippen LogP contribution is -1.93. The molecule has 0 N–H and O–H groups in total. The third-order valence-corrected chi connectivity index (χ3v) is 5.59. The van der Waals surface area contributed by atoms with E-state index in [0.717, 1.165) is 0 Å². The quantitative estimate of drug-likeness (QED) is 0.694. The highest BCUT2D eigenvalue weighted by Crippen LogP contribution is 2.68. The maximum absolute atomic E-state index is 11.2. The highest BCUT2D eigenvalue weighted by molar-refractivity contribution is 7.96. The van der Waals surface area contributed by atoms with Gasteiger partial charge in [-0.1, -0.05) is 0 Å². The van der Waals surface area contributed by atoms with E-state index in [1.54, 1.807) is 0 Å². The molecule has 0 amide bonds. The molecule has 0 radical (unpaired) electrons. The van der Waals surface area contributed by atoms with Crippen LogP contribution in [0.3, 0.4) is 0 Å². The van der Waals surface area contributed by atoms with Gasteiger partial charge in [0.2, 0.25) is 0 Å². The van der Waals surface area contributed by atoms with E-state index in [9.17, 15) is 9.13 Å². The van der Waals surface area contributed by atoms with Gasteiger partial charge >= 0.3 is 13.4 Å². The number of methoxy groups -OCH3 is 2. The fourth-order valence-electron chi connectivity index (χ4n) is 0.538. The smallest absolute Gasteiger partial charge is 0.321 e. The molecular formula is C4H10Cl2O5P2. The van der Waals surface area contributed by atoms with E-state index in [4.69, 9.17) is 22.5 Å². The molecule has 0 spiro atoms. The van der Waals surface area contributed by atoms with Crippen molar-refractivity contribution in [2.75, 3.05) is 26.9 Å². The Morgan fingerprint density at radius 2 is 1.31 bits per heavy atom. The lowest BCUT2D eigenvalue weighted by Gasteiger charge is -2.14. The lowest BCUT2D eigenvalue weighted by molar-refractivity contribution is 0.233. The summed E-state index contributed by atoms with van der Waals surface area (Å²) in [5.74, 6) is 0. The Morgan fingerprint density at radius 1 is 1.00 bits per heavy atom. The number of hydrogen-bond donors (Lipinski definition) is 0. The van der Waals surface area contributed by atoms with Gasteiger partial charge in [0.1, 0.15) is 12.7 Å². The van der Waals surface area contributed by atoms with Crippen molar-refractivity contribution in [3.8, 4) is 0 Å². The summed E-state index contributed by atoms with van der Waals surface area (Å²) >= 11 is 10.7. The minimum Gasteiger partial charge on any atom is -0.373 e. The molecular weight excluding hydrogens is 261 g/mol. The van der Waals surface area contributed by atoms with Gasteiger partial charge in [0, 0.05) is 14.2 Å². The molecule has 0 saturated carbocycles. The van der Waals surface area contributed by atoms with Gasteiger partial charge in [-0.15, -0.1) is 0 Å². The molecule has 0 aliphatic rings. The molecule has 2 atom stereocenters. The van der Waals surface area contributed by atoms with Crippen LogP contribution in [-0.4, -0.2) is 26.9 Å². The predicted molar refractivity (Wildman–Crippen MR) is 51.8 cm³/mol. The highest BCUT2D eigenvalue weighted by Gasteiger charge is 2.31. The molecule has 0 aromatic carbocycles. The van der Waals surface area contributed by atoms with Gasteiger partial charge in [-0.25, -0.2) is 4.31 Å². The van der Waals surface area contributed by atoms with Crippen LogP contribution in [0.4, 0.5) is 0 Å². The van der Waals surface area contributed by atoms with E-state index in [0.29, 0.717) is 0 Å². The standard InChI is InChI=1S/C4H10Cl2O5P2/c1-9-3-12(5,7)11-13(6,8)4-10-2/h3-4H2,1-2H3/t12-,13+. The molecule has 0 rings (SSSR count). The normalized spacial score (nSPS) is 20.6. The van der Waals surface area contributed by atoms with Crippen molar-refractivity contribution in [1.29, 1.82) is 0 Å². The van der Waals surface area contributed by atoms with Crippen LogP contribution in [-0.2, 0) is 22.9 Å². The second kappa shape index (κ2) is 5.72. The zero-order chi connectivity index (χ0) is 10.5. The van der Waals surface area contributed by atoms with Crippen molar-refractivity contribution in [1.82, 2.24) is 0 Å². The van der Waals surface area contributed by atoms with Crippen LogP contribution in [0.25, 0.3) is 0 Å². The Morgan fingerprint density at radius 3 is 1.54 bits per heavy atom. The predicted octanol–water partition coefficient (Wildman–Crippen LogP) is 3.07. The third kappa shape index (κ3) is 6.92. The topological polar surface area (TPSA) is 61.8 Å². The molecule has 0 saturated heterocycles. The van der Waals surface area contributed by atoms with Gasteiger partial charge in [0.05, 0.1) is 0 Å². The zero-order valence-corrected chi connectivity index (χ0v) is 10.4. The number of rotatable bonds is 6. The Bertz CT molecular complexity index is 221. The molecule has 0 unspecified atom stereocenters. The van der Waals surface area contributed by atoms with E-state index < -0.39 is 13.4 Å². The summed E-state index contributed by atoms with van der Waals surface area (Å²) in [5.41, 5.74) is 0. The summed E-state index contributed by atoms with van der Waals surface area (Å²) in [6.45, 7) is -7.14. The minimum atomic E-state index is -3.57. The Labute approximate surface area is 86.1 Å². The Hall–Kier alpha value is 0.920.